The zero-order valence-electron chi connectivity index (χ0n) is 15.8. The Kier molecular flexibility index (Phi) is 6.60. The van der Waals surface area contributed by atoms with Crippen LogP contribution in [0.5, 0.6) is 0 Å². The third-order valence-corrected chi connectivity index (χ3v) is 6.67. The maximum Gasteiger partial charge on any atom is 0.239 e. The Bertz CT molecular complexity index is 614. The number of nitrogens with zero attached hydrogens (tertiary/aromatic N) is 2. The molecule has 4 nitrogen and oxygen atoms in total. The molecule has 0 aromatic heterocycles. The van der Waals surface area contributed by atoms with Crippen molar-refractivity contribution in [3.05, 3.63) is 34.9 Å². The van der Waals surface area contributed by atoms with E-state index in [9.17, 15) is 9.90 Å². The van der Waals surface area contributed by atoms with Gasteiger partial charge in [-0.3, -0.25) is 9.69 Å². The van der Waals surface area contributed by atoms with E-state index in [2.05, 4.69) is 11.8 Å². The number of halogens is 1. The first-order valence-electron chi connectivity index (χ1n) is 9.96. The Hall–Kier alpha value is -1.10. The molecule has 26 heavy (non-hydrogen) atoms. The molecule has 1 unspecified atom stereocenters. The van der Waals surface area contributed by atoms with E-state index in [1.54, 1.807) is 0 Å². The SMILES string of the molecule is CCN1CCCCC1C(=O)N1CCC(CO)(Cc2ccccc2Cl)CC1. The van der Waals surface area contributed by atoms with Crippen molar-refractivity contribution >= 4 is 17.5 Å². The van der Waals surface area contributed by atoms with Crippen LogP contribution in [0, 0.1) is 5.41 Å². The van der Waals surface area contributed by atoms with Gasteiger partial charge in [-0.25, -0.2) is 0 Å². The van der Waals surface area contributed by atoms with Gasteiger partial charge in [-0.05, 0) is 56.8 Å². The van der Waals surface area contributed by atoms with Gasteiger partial charge in [0.2, 0.25) is 5.91 Å². The van der Waals surface area contributed by atoms with Crippen LogP contribution in [0.25, 0.3) is 0 Å². The van der Waals surface area contributed by atoms with Crippen molar-refractivity contribution in [3.8, 4) is 0 Å². The van der Waals surface area contributed by atoms with Crippen molar-refractivity contribution in [3.63, 3.8) is 0 Å². The topological polar surface area (TPSA) is 43.8 Å². The van der Waals surface area contributed by atoms with Crippen molar-refractivity contribution in [2.75, 3.05) is 32.8 Å². The molecule has 2 aliphatic heterocycles. The van der Waals surface area contributed by atoms with Gasteiger partial charge in [0.15, 0.2) is 0 Å². The number of carbonyl (C=O) groups excluding carboxylic acids is 1. The third kappa shape index (κ3) is 4.24. The molecule has 0 aliphatic carbocycles. The summed E-state index contributed by atoms with van der Waals surface area (Å²) in [5.41, 5.74) is 0.922. The first-order valence-corrected chi connectivity index (χ1v) is 10.3. The average molecular weight is 379 g/mol. The smallest absolute Gasteiger partial charge is 0.239 e. The van der Waals surface area contributed by atoms with Crippen LogP contribution < -0.4 is 0 Å². The molecule has 1 N–H and O–H groups in total. The van der Waals surface area contributed by atoms with Crippen LogP contribution in [0.4, 0.5) is 0 Å². The van der Waals surface area contributed by atoms with Crippen molar-refractivity contribution in [2.24, 2.45) is 5.41 Å². The van der Waals surface area contributed by atoms with Crippen LogP contribution in [-0.2, 0) is 11.2 Å². The summed E-state index contributed by atoms with van der Waals surface area (Å²) in [5.74, 6) is 0.288. The number of benzene rings is 1. The van der Waals surface area contributed by atoms with Gasteiger partial charge in [-0.2, -0.15) is 0 Å². The van der Waals surface area contributed by atoms with Gasteiger partial charge in [0, 0.05) is 30.1 Å². The lowest BCUT2D eigenvalue weighted by atomic mass is 9.74. The summed E-state index contributed by atoms with van der Waals surface area (Å²) in [5, 5.41) is 10.9. The summed E-state index contributed by atoms with van der Waals surface area (Å²) in [4.78, 5) is 17.4. The van der Waals surface area contributed by atoms with Gasteiger partial charge in [-0.15, -0.1) is 0 Å². The molecule has 0 spiro atoms. The summed E-state index contributed by atoms with van der Waals surface area (Å²) in [6.45, 7) is 5.73. The molecule has 2 heterocycles. The van der Waals surface area contributed by atoms with Crippen LogP contribution in [-0.4, -0.2) is 59.6 Å². The minimum atomic E-state index is -0.168. The molecule has 0 radical (unpaired) electrons. The molecule has 2 aliphatic rings. The van der Waals surface area contributed by atoms with E-state index in [-0.39, 0.29) is 24.0 Å². The Morgan fingerprint density at radius 3 is 2.62 bits per heavy atom. The number of likely N-dealkylation sites (N-methyl/N-ethyl adjacent to an activating group) is 1. The van der Waals surface area contributed by atoms with E-state index in [1.165, 1.54) is 6.42 Å². The Morgan fingerprint density at radius 1 is 1.23 bits per heavy atom. The standard InChI is InChI=1S/C21H31ClN2O2/c1-2-23-12-6-5-9-19(23)20(26)24-13-10-21(16-25,11-14-24)15-17-7-3-4-8-18(17)22/h3-4,7-8,19,25H,2,5-6,9-16H2,1H3. The maximum atomic E-state index is 13.0. The third-order valence-electron chi connectivity index (χ3n) is 6.30. The highest BCUT2D eigenvalue weighted by Crippen LogP contribution is 2.37. The lowest BCUT2D eigenvalue weighted by Crippen LogP contribution is -2.54. The monoisotopic (exact) mass is 378 g/mol. The minimum absolute atomic E-state index is 0.0546. The second-order valence-electron chi connectivity index (χ2n) is 7.89. The summed E-state index contributed by atoms with van der Waals surface area (Å²) >= 11 is 6.32. The van der Waals surface area contributed by atoms with Gasteiger partial charge < -0.3 is 10.0 Å². The second-order valence-corrected chi connectivity index (χ2v) is 8.30. The van der Waals surface area contributed by atoms with Gasteiger partial charge in [0.05, 0.1) is 6.04 Å². The highest BCUT2D eigenvalue weighted by molar-refractivity contribution is 6.31. The van der Waals surface area contributed by atoms with Crippen molar-refractivity contribution < 1.29 is 9.90 Å². The average Bonchev–Trinajstić information content (AvgIpc) is 2.69. The first-order chi connectivity index (χ1) is 12.6. The van der Waals surface area contributed by atoms with Gasteiger partial charge in [0.25, 0.3) is 0 Å². The highest BCUT2D eigenvalue weighted by Gasteiger charge is 2.38. The molecule has 0 saturated carbocycles. The largest absolute Gasteiger partial charge is 0.396 e. The van der Waals surface area contributed by atoms with Crippen LogP contribution in [0.15, 0.2) is 24.3 Å². The number of amides is 1. The predicted molar refractivity (Wildman–Crippen MR) is 105 cm³/mol. The first kappa shape index (κ1) is 19.7. The van der Waals surface area contributed by atoms with Gasteiger partial charge >= 0.3 is 0 Å². The van der Waals surface area contributed by atoms with Crippen LogP contribution in [0.1, 0.15) is 44.6 Å². The molecule has 2 fully saturated rings. The van der Waals surface area contributed by atoms with Crippen molar-refractivity contribution in [1.29, 1.82) is 0 Å². The fraction of sp³-hybridized carbons (Fsp3) is 0.667. The molecule has 5 heteroatoms. The number of hydrogen-bond donors (Lipinski definition) is 1. The molecule has 2 saturated heterocycles. The number of piperidine rings is 2. The molecular formula is C21H31ClN2O2. The molecule has 1 amide bonds. The van der Waals surface area contributed by atoms with E-state index in [4.69, 9.17) is 11.6 Å². The summed E-state index contributed by atoms with van der Waals surface area (Å²) < 4.78 is 0. The minimum Gasteiger partial charge on any atom is -0.396 e. The number of likely N-dealkylation sites (tertiary alicyclic amines) is 2. The molecular weight excluding hydrogens is 348 g/mol. The van der Waals surface area contributed by atoms with E-state index >= 15 is 0 Å². The number of aliphatic hydroxyl groups excluding tert-OH is 1. The summed E-state index contributed by atoms with van der Waals surface area (Å²) in [6, 6.07) is 7.93. The predicted octanol–water partition coefficient (Wildman–Crippen LogP) is 3.36. The number of aliphatic hydroxyl groups is 1. The van der Waals surface area contributed by atoms with E-state index in [0.29, 0.717) is 0 Å². The normalized spacial score (nSPS) is 23.8. The zero-order chi connectivity index (χ0) is 18.6. The summed E-state index contributed by atoms with van der Waals surface area (Å²) in [6.07, 6.45) is 5.76. The molecule has 1 atom stereocenters. The molecule has 144 valence electrons. The fourth-order valence-corrected chi connectivity index (χ4v) is 4.70. The zero-order valence-corrected chi connectivity index (χ0v) is 16.5. The van der Waals surface area contributed by atoms with Gasteiger partial charge in [-0.1, -0.05) is 43.1 Å². The lowest BCUT2D eigenvalue weighted by Gasteiger charge is -2.44. The van der Waals surface area contributed by atoms with Crippen LogP contribution in [0.2, 0.25) is 5.02 Å². The van der Waals surface area contributed by atoms with Crippen LogP contribution >= 0.6 is 11.6 Å². The van der Waals surface area contributed by atoms with Crippen LogP contribution in [0.3, 0.4) is 0 Å². The van der Waals surface area contributed by atoms with Crippen molar-refractivity contribution in [1.82, 2.24) is 9.80 Å². The fourth-order valence-electron chi connectivity index (χ4n) is 4.50. The number of rotatable bonds is 5. The Morgan fingerprint density at radius 2 is 1.96 bits per heavy atom. The van der Waals surface area contributed by atoms with E-state index in [1.807, 2.05) is 29.2 Å². The Balaban J connectivity index is 1.63. The van der Waals surface area contributed by atoms with Crippen molar-refractivity contribution in [2.45, 2.75) is 51.5 Å². The quantitative estimate of drug-likeness (QED) is 0.854. The molecule has 1 aromatic rings. The van der Waals surface area contributed by atoms with Gasteiger partial charge in [0.1, 0.15) is 0 Å². The maximum absolute atomic E-state index is 13.0. The number of carbonyl (C=O) groups is 1. The number of hydrogen-bond acceptors (Lipinski definition) is 3. The van der Waals surface area contributed by atoms with E-state index < -0.39 is 0 Å². The molecule has 1 aromatic carbocycles. The van der Waals surface area contributed by atoms with E-state index in [0.717, 1.165) is 68.9 Å². The lowest BCUT2D eigenvalue weighted by molar-refractivity contribution is -0.141. The molecule has 0 bridgehead atoms. The Labute approximate surface area is 162 Å². The summed E-state index contributed by atoms with van der Waals surface area (Å²) in [7, 11) is 0. The molecule has 3 rings (SSSR count). The second kappa shape index (κ2) is 8.73. The highest BCUT2D eigenvalue weighted by atomic mass is 35.5.